The third-order valence-electron chi connectivity index (χ3n) is 3.10. The fourth-order valence-corrected chi connectivity index (χ4v) is 2.60. The minimum atomic E-state index is 0.280. The van der Waals surface area contributed by atoms with E-state index in [-0.39, 0.29) is 5.91 Å². The van der Waals surface area contributed by atoms with Gasteiger partial charge in [0.05, 0.1) is 0 Å². The fourth-order valence-electron chi connectivity index (χ4n) is 2.16. The molecule has 1 aromatic rings. The van der Waals surface area contributed by atoms with Gasteiger partial charge in [-0.3, -0.25) is 9.78 Å². The summed E-state index contributed by atoms with van der Waals surface area (Å²) in [5.41, 5.74) is 2.11. The van der Waals surface area contributed by atoms with Crippen molar-refractivity contribution in [2.75, 3.05) is 18.4 Å². The molecule has 0 aliphatic carbocycles. The van der Waals surface area contributed by atoms with Crippen LogP contribution in [0.4, 0.5) is 0 Å². The Morgan fingerprint density at radius 3 is 3.00 bits per heavy atom. The molecule has 17 heavy (non-hydrogen) atoms. The van der Waals surface area contributed by atoms with Gasteiger partial charge < -0.3 is 4.90 Å². The monoisotopic (exact) mass is 296 g/mol. The average molecular weight is 297 g/mol. The molecular formula is C13H17BrN2O. The number of pyridine rings is 1. The highest BCUT2D eigenvalue weighted by molar-refractivity contribution is 9.09. The zero-order valence-corrected chi connectivity index (χ0v) is 11.6. The summed E-state index contributed by atoms with van der Waals surface area (Å²) < 4.78 is 0. The average Bonchev–Trinajstić information content (AvgIpc) is 2.68. The molecule has 92 valence electrons. The van der Waals surface area contributed by atoms with Gasteiger partial charge in [-0.05, 0) is 25.0 Å². The molecule has 0 saturated carbocycles. The zero-order chi connectivity index (χ0) is 12.3. The molecule has 0 spiro atoms. The van der Waals surface area contributed by atoms with Crippen LogP contribution in [0.15, 0.2) is 18.2 Å². The Balaban J connectivity index is 1.88. The lowest BCUT2D eigenvalue weighted by Gasteiger charge is -2.15. The van der Waals surface area contributed by atoms with E-state index in [1.807, 2.05) is 30.0 Å². The van der Waals surface area contributed by atoms with E-state index in [1.54, 1.807) is 0 Å². The van der Waals surface area contributed by atoms with E-state index in [1.165, 1.54) is 0 Å². The molecule has 0 radical (unpaired) electrons. The fraction of sp³-hybridized carbons (Fsp3) is 0.538. The third kappa shape index (κ3) is 3.28. The van der Waals surface area contributed by atoms with Gasteiger partial charge in [0.15, 0.2) is 0 Å². The molecule has 1 aliphatic heterocycles. The van der Waals surface area contributed by atoms with Crippen molar-refractivity contribution in [1.82, 2.24) is 9.88 Å². The maximum Gasteiger partial charge on any atom is 0.222 e. The second-order valence-electron chi connectivity index (χ2n) is 4.58. The quantitative estimate of drug-likeness (QED) is 0.798. The Kier molecular flexibility index (Phi) is 4.15. The summed E-state index contributed by atoms with van der Waals surface area (Å²) in [6.45, 7) is 3.67. The van der Waals surface area contributed by atoms with Crippen molar-refractivity contribution in [3.05, 3.63) is 29.6 Å². The van der Waals surface area contributed by atoms with Crippen LogP contribution in [0.25, 0.3) is 0 Å². The van der Waals surface area contributed by atoms with E-state index in [0.717, 1.165) is 36.2 Å². The number of alkyl halides is 1. The van der Waals surface area contributed by atoms with Gasteiger partial charge in [0.25, 0.3) is 0 Å². The predicted octanol–water partition coefficient (Wildman–Crippen LogP) is 2.18. The van der Waals surface area contributed by atoms with Crippen LogP contribution in [0, 0.1) is 12.8 Å². The topological polar surface area (TPSA) is 33.2 Å². The molecule has 0 bridgehead atoms. The van der Waals surface area contributed by atoms with Crippen molar-refractivity contribution in [3.8, 4) is 0 Å². The van der Waals surface area contributed by atoms with Crippen molar-refractivity contribution in [2.45, 2.75) is 19.8 Å². The second-order valence-corrected chi connectivity index (χ2v) is 5.23. The standard InChI is InChI=1S/C13H17BrN2O/c1-10-3-2-4-12(15-10)5-6-16-9-11(8-14)7-13(16)17/h2-4,11H,5-9H2,1H3. The molecule has 1 saturated heterocycles. The number of rotatable bonds is 4. The number of likely N-dealkylation sites (tertiary alicyclic amines) is 1. The van der Waals surface area contributed by atoms with Gasteiger partial charge >= 0.3 is 0 Å². The van der Waals surface area contributed by atoms with Crippen LogP contribution >= 0.6 is 15.9 Å². The summed E-state index contributed by atoms with van der Waals surface area (Å²) in [4.78, 5) is 18.1. The normalized spacial score (nSPS) is 20.0. The molecule has 1 atom stereocenters. The molecule has 0 aromatic carbocycles. The van der Waals surface area contributed by atoms with Crippen LogP contribution in [0.3, 0.4) is 0 Å². The summed E-state index contributed by atoms with van der Waals surface area (Å²) in [6.07, 6.45) is 1.54. The number of nitrogens with zero attached hydrogens (tertiary/aromatic N) is 2. The maximum atomic E-state index is 11.7. The van der Waals surface area contributed by atoms with Gasteiger partial charge in [-0.1, -0.05) is 22.0 Å². The smallest absolute Gasteiger partial charge is 0.222 e. The van der Waals surface area contributed by atoms with Gasteiger partial charge in [0.2, 0.25) is 5.91 Å². The zero-order valence-electron chi connectivity index (χ0n) is 10.0. The number of amides is 1. The van der Waals surface area contributed by atoms with Crippen LogP contribution in [0.5, 0.6) is 0 Å². The first-order valence-corrected chi connectivity index (χ1v) is 7.07. The molecule has 2 rings (SSSR count). The molecular weight excluding hydrogens is 280 g/mol. The molecule has 1 aliphatic rings. The van der Waals surface area contributed by atoms with Gasteiger partial charge in [-0.15, -0.1) is 0 Å². The lowest BCUT2D eigenvalue weighted by molar-refractivity contribution is -0.127. The summed E-state index contributed by atoms with van der Waals surface area (Å²) >= 11 is 3.45. The predicted molar refractivity (Wildman–Crippen MR) is 71.2 cm³/mol. The lowest BCUT2D eigenvalue weighted by Crippen LogP contribution is -2.27. The summed E-state index contributed by atoms with van der Waals surface area (Å²) in [6, 6.07) is 6.03. The van der Waals surface area contributed by atoms with E-state index in [0.29, 0.717) is 12.3 Å². The van der Waals surface area contributed by atoms with E-state index in [4.69, 9.17) is 0 Å². The number of halogens is 1. The highest BCUT2D eigenvalue weighted by atomic mass is 79.9. The van der Waals surface area contributed by atoms with Crippen LogP contribution in [0.1, 0.15) is 17.8 Å². The lowest BCUT2D eigenvalue weighted by atomic mass is 10.2. The number of aromatic nitrogens is 1. The maximum absolute atomic E-state index is 11.7. The van der Waals surface area contributed by atoms with Gasteiger partial charge in [0.1, 0.15) is 0 Å². The number of carbonyl (C=O) groups is 1. The van der Waals surface area contributed by atoms with Gasteiger partial charge in [-0.25, -0.2) is 0 Å². The minimum absolute atomic E-state index is 0.280. The van der Waals surface area contributed by atoms with Crippen LogP contribution in [-0.4, -0.2) is 34.2 Å². The molecule has 1 amide bonds. The second kappa shape index (κ2) is 5.63. The van der Waals surface area contributed by atoms with Gasteiger partial charge in [0, 0.05) is 42.6 Å². The molecule has 1 fully saturated rings. The summed E-state index contributed by atoms with van der Waals surface area (Å²) in [5.74, 6) is 0.759. The molecule has 1 unspecified atom stereocenters. The largest absolute Gasteiger partial charge is 0.342 e. The summed E-state index contributed by atoms with van der Waals surface area (Å²) in [5, 5.41) is 0.915. The molecule has 3 nitrogen and oxygen atoms in total. The number of carbonyl (C=O) groups excluding carboxylic acids is 1. The highest BCUT2D eigenvalue weighted by Crippen LogP contribution is 2.19. The first-order chi connectivity index (χ1) is 8.19. The SMILES string of the molecule is Cc1cccc(CCN2CC(CBr)CC2=O)n1. The Morgan fingerprint density at radius 1 is 1.53 bits per heavy atom. The highest BCUT2D eigenvalue weighted by Gasteiger charge is 2.28. The van der Waals surface area contributed by atoms with E-state index < -0.39 is 0 Å². The number of hydrogen-bond acceptors (Lipinski definition) is 2. The molecule has 2 heterocycles. The van der Waals surface area contributed by atoms with E-state index >= 15 is 0 Å². The first-order valence-electron chi connectivity index (χ1n) is 5.95. The van der Waals surface area contributed by atoms with Crippen molar-refractivity contribution in [1.29, 1.82) is 0 Å². The minimum Gasteiger partial charge on any atom is -0.342 e. The van der Waals surface area contributed by atoms with Crippen molar-refractivity contribution in [2.24, 2.45) is 5.92 Å². The van der Waals surface area contributed by atoms with E-state index in [2.05, 4.69) is 20.9 Å². The van der Waals surface area contributed by atoms with Crippen molar-refractivity contribution < 1.29 is 4.79 Å². The Hall–Kier alpha value is -0.900. The van der Waals surface area contributed by atoms with Crippen LogP contribution in [0.2, 0.25) is 0 Å². The van der Waals surface area contributed by atoms with Gasteiger partial charge in [-0.2, -0.15) is 0 Å². The first kappa shape index (κ1) is 12.6. The summed E-state index contributed by atoms with van der Waals surface area (Å²) in [7, 11) is 0. The number of hydrogen-bond donors (Lipinski definition) is 0. The van der Waals surface area contributed by atoms with Crippen molar-refractivity contribution >= 4 is 21.8 Å². The Labute approximate surface area is 110 Å². The molecule has 0 N–H and O–H groups in total. The third-order valence-corrected chi connectivity index (χ3v) is 4.01. The Bertz CT molecular complexity index is 408. The van der Waals surface area contributed by atoms with E-state index in [9.17, 15) is 4.79 Å². The van der Waals surface area contributed by atoms with Crippen LogP contribution < -0.4 is 0 Å². The molecule has 4 heteroatoms. The molecule has 1 aromatic heterocycles. The Morgan fingerprint density at radius 2 is 2.35 bits per heavy atom. The number of aryl methyl sites for hydroxylation is 1. The van der Waals surface area contributed by atoms with Crippen LogP contribution in [-0.2, 0) is 11.2 Å². The van der Waals surface area contributed by atoms with Crippen molar-refractivity contribution in [3.63, 3.8) is 0 Å².